The molecule has 0 aliphatic carbocycles. The van der Waals surface area contributed by atoms with Gasteiger partial charge in [-0.25, -0.2) is 0 Å². The van der Waals surface area contributed by atoms with Crippen molar-refractivity contribution in [2.24, 2.45) is 0 Å². The van der Waals surface area contributed by atoms with Gasteiger partial charge in [-0.2, -0.15) is 0 Å². The molecule has 0 fully saturated rings. The Labute approximate surface area is 168 Å². The molecule has 0 unspecified atom stereocenters. The number of nitrogens with one attached hydrogen (secondary N) is 2. The van der Waals surface area contributed by atoms with Gasteiger partial charge in [0, 0.05) is 21.8 Å². The molecule has 2 N–H and O–H groups in total. The first-order valence-electron chi connectivity index (χ1n) is 8.99. The first-order chi connectivity index (χ1) is 13.5. The van der Waals surface area contributed by atoms with Gasteiger partial charge in [0.2, 0.25) is 0 Å². The zero-order valence-electron chi connectivity index (χ0n) is 16.0. The lowest BCUT2D eigenvalue weighted by molar-refractivity contribution is 0.102. The summed E-state index contributed by atoms with van der Waals surface area (Å²) in [6.45, 7) is 6.50. The van der Waals surface area contributed by atoms with Gasteiger partial charge in [0.15, 0.2) is 0 Å². The van der Waals surface area contributed by atoms with E-state index < -0.39 is 0 Å². The van der Waals surface area contributed by atoms with Crippen molar-refractivity contribution >= 4 is 34.5 Å². The Bertz CT molecular complexity index is 957. The summed E-state index contributed by atoms with van der Waals surface area (Å²) in [5.74, 6) is 0.399. The van der Waals surface area contributed by atoms with Crippen LogP contribution in [0.2, 0.25) is 0 Å². The fourth-order valence-corrected chi connectivity index (χ4v) is 3.52. The van der Waals surface area contributed by atoms with Crippen molar-refractivity contribution in [1.29, 1.82) is 0 Å². The topological polar surface area (TPSA) is 67.4 Å². The molecule has 0 spiro atoms. The molecule has 3 aromatic rings. The van der Waals surface area contributed by atoms with Crippen LogP contribution in [0.4, 0.5) is 11.4 Å². The molecule has 0 atom stereocenters. The minimum absolute atomic E-state index is 0.146. The van der Waals surface area contributed by atoms with Crippen LogP contribution in [0.3, 0.4) is 0 Å². The van der Waals surface area contributed by atoms with Gasteiger partial charge < -0.3 is 15.4 Å². The predicted molar refractivity (Wildman–Crippen MR) is 114 cm³/mol. The average Bonchev–Trinajstić information content (AvgIpc) is 3.03. The summed E-state index contributed by atoms with van der Waals surface area (Å²) in [5, 5.41) is 5.70. The van der Waals surface area contributed by atoms with Gasteiger partial charge in [0.1, 0.15) is 5.75 Å². The van der Waals surface area contributed by atoms with Gasteiger partial charge in [-0.15, -0.1) is 11.3 Å². The van der Waals surface area contributed by atoms with Gasteiger partial charge in [-0.1, -0.05) is 0 Å². The maximum Gasteiger partial charge on any atom is 0.265 e. The molecule has 1 aromatic heterocycles. The van der Waals surface area contributed by atoms with Gasteiger partial charge in [-0.05, 0) is 80.9 Å². The molecule has 3 rings (SSSR count). The summed E-state index contributed by atoms with van der Waals surface area (Å²) in [4.78, 5) is 26.5. The first-order valence-corrected chi connectivity index (χ1v) is 9.80. The molecule has 144 valence electrons. The summed E-state index contributed by atoms with van der Waals surface area (Å²) in [7, 11) is 0. The number of aryl methyl sites for hydroxylation is 2. The van der Waals surface area contributed by atoms with E-state index in [4.69, 9.17) is 4.74 Å². The summed E-state index contributed by atoms with van der Waals surface area (Å²) in [6.07, 6.45) is 0. The van der Waals surface area contributed by atoms with Crippen LogP contribution in [0.1, 0.15) is 37.4 Å². The van der Waals surface area contributed by atoms with Crippen molar-refractivity contribution in [1.82, 2.24) is 0 Å². The molecular formula is C22H22N2O3S. The number of benzene rings is 2. The third-order valence-electron chi connectivity index (χ3n) is 4.22. The lowest BCUT2D eigenvalue weighted by atomic mass is 10.2. The van der Waals surface area contributed by atoms with E-state index in [1.54, 1.807) is 36.4 Å². The van der Waals surface area contributed by atoms with Crippen LogP contribution in [0.15, 0.2) is 54.6 Å². The van der Waals surface area contributed by atoms with E-state index in [-0.39, 0.29) is 11.8 Å². The molecule has 0 saturated heterocycles. The number of carbonyl (C=O) groups is 2. The monoisotopic (exact) mass is 394 g/mol. The quantitative estimate of drug-likeness (QED) is 0.599. The Morgan fingerprint density at radius 1 is 0.893 bits per heavy atom. The number of thiophene rings is 1. The van der Waals surface area contributed by atoms with Crippen molar-refractivity contribution in [3.8, 4) is 5.75 Å². The van der Waals surface area contributed by atoms with E-state index in [9.17, 15) is 9.59 Å². The van der Waals surface area contributed by atoms with E-state index in [0.717, 1.165) is 16.2 Å². The molecule has 2 amide bonds. The summed E-state index contributed by atoms with van der Waals surface area (Å²) < 4.78 is 5.39. The van der Waals surface area contributed by atoms with Crippen molar-refractivity contribution in [2.75, 3.05) is 17.2 Å². The molecular weight excluding hydrogens is 372 g/mol. The minimum atomic E-state index is -0.216. The zero-order chi connectivity index (χ0) is 20.1. The number of hydrogen-bond acceptors (Lipinski definition) is 4. The second kappa shape index (κ2) is 8.71. The Morgan fingerprint density at radius 3 is 2.00 bits per heavy atom. The molecule has 5 nitrogen and oxygen atoms in total. The number of ether oxygens (including phenoxy) is 1. The molecule has 28 heavy (non-hydrogen) atoms. The number of carbonyl (C=O) groups excluding carboxylic acids is 2. The highest BCUT2D eigenvalue weighted by Crippen LogP contribution is 2.22. The van der Waals surface area contributed by atoms with Gasteiger partial charge >= 0.3 is 0 Å². The number of rotatable bonds is 6. The van der Waals surface area contributed by atoms with Crippen molar-refractivity contribution in [3.63, 3.8) is 0 Å². The number of anilines is 2. The van der Waals surface area contributed by atoms with Crippen molar-refractivity contribution in [3.05, 3.63) is 75.5 Å². The molecule has 1 heterocycles. The predicted octanol–water partition coefficient (Wildman–Crippen LogP) is 5.27. The fourth-order valence-electron chi connectivity index (χ4n) is 2.59. The van der Waals surface area contributed by atoms with E-state index in [2.05, 4.69) is 10.6 Å². The SMILES string of the molecule is CCOc1ccc(NC(=O)c2ccc(NC(=O)c3cc(C)c(C)s3)cc2)cc1. The number of amides is 2. The Hall–Kier alpha value is -3.12. The molecule has 6 heteroatoms. The van der Waals surface area contributed by atoms with Crippen LogP contribution in [-0.4, -0.2) is 18.4 Å². The van der Waals surface area contributed by atoms with E-state index in [0.29, 0.717) is 28.4 Å². The third kappa shape index (κ3) is 4.78. The Balaban J connectivity index is 1.61. The summed E-state index contributed by atoms with van der Waals surface area (Å²) in [5.41, 5.74) is 2.95. The lowest BCUT2D eigenvalue weighted by Crippen LogP contribution is -2.13. The summed E-state index contributed by atoms with van der Waals surface area (Å²) >= 11 is 1.47. The zero-order valence-corrected chi connectivity index (χ0v) is 16.9. The molecule has 2 aromatic carbocycles. The molecule has 0 aliphatic rings. The first kappa shape index (κ1) is 19.6. The second-order valence-electron chi connectivity index (χ2n) is 6.29. The highest BCUT2D eigenvalue weighted by Gasteiger charge is 2.12. The highest BCUT2D eigenvalue weighted by atomic mass is 32.1. The molecule has 0 radical (unpaired) electrons. The second-order valence-corrected chi connectivity index (χ2v) is 7.55. The van der Waals surface area contributed by atoms with Crippen molar-refractivity contribution < 1.29 is 14.3 Å². The minimum Gasteiger partial charge on any atom is -0.494 e. The van der Waals surface area contributed by atoms with Crippen LogP contribution < -0.4 is 15.4 Å². The fraction of sp³-hybridized carbons (Fsp3) is 0.182. The van der Waals surface area contributed by atoms with Crippen LogP contribution in [0, 0.1) is 13.8 Å². The normalized spacial score (nSPS) is 10.4. The lowest BCUT2D eigenvalue weighted by Gasteiger charge is -2.08. The maximum absolute atomic E-state index is 12.4. The van der Waals surface area contributed by atoms with E-state index in [1.165, 1.54) is 11.3 Å². The maximum atomic E-state index is 12.4. The van der Waals surface area contributed by atoms with Crippen molar-refractivity contribution in [2.45, 2.75) is 20.8 Å². The number of hydrogen-bond donors (Lipinski definition) is 2. The van der Waals surface area contributed by atoms with Gasteiger partial charge in [0.05, 0.1) is 11.5 Å². The van der Waals surface area contributed by atoms with E-state index in [1.807, 2.05) is 39.0 Å². The standard InChI is InChI=1S/C22H22N2O3S/c1-4-27-19-11-9-18(10-12-19)23-21(25)16-5-7-17(8-6-16)24-22(26)20-13-14(2)15(3)28-20/h5-13H,4H2,1-3H3,(H,23,25)(H,24,26). The summed E-state index contributed by atoms with van der Waals surface area (Å²) in [6, 6.07) is 15.9. The average molecular weight is 394 g/mol. The molecule has 0 bridgehead atoms. The van der Waals surface area contributed by atoms with Crippen LogP contribution in [0.25, 0.3) is 0 Å². The van der Waals surface area contributed by atoms with E-state index >= 15 is 0 Å². The van der Waals surface area contributed by atoms with Crippen LogP contribution in [0.5, 0.6) is 5.75 Å². The van der Waals surface area contributed by atoms with Gasteiger partial charge in [0.25, 0.3) is 11.8 Å². The molecule has 0 aliphatic heterocycles. The third-order valence-corrected chi connectivity index (χ3v) is 5.37. The van der Waals surface area contributed by atoms with Crippen LogP contribution in [-0.2, 0) is 0 Å². The highest BCUT2D eigenvalue weighted by molar-refractivity contribution is 7.14. The smallest absolute Gasteiger partial charge is 0.265 e. The molecule has 0 saturated carbocycles. The Morgan fingerprint density at radius 2 is 1.46 bits per heavy atom. The Kier molecular flexibility index (Phi) is 6.11. The van der Waals surface area contributed by atoms with Crippen LogP contribution >= 0.6 is 11.3 Å². The van der Waals surface area contributed by atoms with Gasteiger partial charge in [-0.3, -0.25) is 9.59 Å². The largest absolute Gasteiger partial charge is 0.494 e.